The van der Waals surface area contributed by atoms with Gasteiger partial charge in [-0.05, 0) is 31.0 Å². The van der Waals surface area contributed by atoms with Crippen LogP contribution in [0.15, 0.2) is 30.6 Å². The van der Waals surface area contributed by atoms with E-state index in [4.69, 9.17) is 0 Å². The first-order chi connectivity index (χ1) is 9.19. The largest absolute Gasteiger partial charge is 0.369 e. The van der Waals surface area contributed by atoms with Gasteiger partial charge in [0.25, 0.3) is 0 Å². The lowest BCUT2D eigenvalue weighted by molar-refractivity contribution is 0.631. The van der Waals surface area contributed by atoms with Crippen LogP contribution in [0.1, 0.15) is 18.9 Å². The summed E-state index contributed by atoms with van der Waals surface area (Å²) in [5, 5.41) is 6.08. The van der Waals surface area contributed by atoms with Crippen LogP contribution in [-0.2, 0) is 0 Å². The van der Waals surface area contributed by atoms with E-state index in [1.54, 1.807) is 24.5 Å². The molecule has 0 unspecified atom stereocenters. The van der Waals surface area contributed by atoms with Gasteiger partial charge in [0, 0.05) is 6.54 Å². The smallest absolute Gasteiger partial charge is 0.151 e. The highest BCUT2D eigenvalue weighted by Crippen LogP contribution is 2.20. The van der Waals surface area contributed by atoms with Crippen LogP contribution in [0.5, 0.6) is 0 Å². The molecule has 19 heavy (non-hydrogen) atoms. The van der Waals surface area contributed by atoms with Crippen LogP contribution in [0.2, 0.25) is 0 Å². The summed E-state index contributed by atoms with van der Waals surface area (Å²) >= 11 is 0. The lowest BCUT2D eigenvalue weighted by atomic mass is 10.2. The summed E-state index contributed by atoms with van der Waals surface area (Å²) in [4.78, 5) is 8.40. The molecule has 0 radical (unpaired) electrons. The van der Waals surface area contributed by atoms with Crippen LogP contribution in [0, 0.1) is 12.7 Å². The molecule has 0 bridgehead atoms. The molecule has 0 amide bonds. The van der Waals surface area contributed by atoms with Gasteiger partial charge in [-0.2, -0.15) is 0 Å². The van der Waals surface area contributed by atoms with Gasteiger partial charge < -0.3 is 10.6 Å². The normalized spacial score (nSPS) is 10.3. The number of hydrogen-bond acceptors (Lipinski definition) is 4. The van der Waals surface area contributed by atoms with E-state index < -0.39 is 0 Å². The first-order valence-electron chi connectivity index (χ1n) is 6.28. The number of hydrogen-bond donors (Lipinski definition) is 2. The Morgan fingerprint density at radius 1 is 1.21 bits per heavy atom. The predicted octanol–water partition coefficient (Wildman–Crippen LogP) is 3.49. The Morgan fingerprint density at radius 3 is 2.79 bits per heavy atom. The first kappa shape index (κ1) is 13.3. The molecule has 0 saturated carbocycles. The monoisotopic (exact) mass is 260 g/mol. The van der Waals surface area contributed by atoms with Crippen molar-refractivity contribution in [3.05, 3.63) is 42.0 Å². The van der Waals surface area contributed by atoms with Crippen LogP contribution in [0.4, 0.5) is 21.7 Å². The molecule has 5 heteroatoms. The SMILES string of the molecule is CCCNc1cncc(Nc2cc(C)ccc2F)n1. The van der Waals surface area contributed by atoms with Crippen molar-refractivity contribution >= 4 is 17.3 Å². The summed E-state index contributed by atoms with van der Waals surface area (Å²) in [6.07, 6.45) is 4.22. The third kappa shape index (κ3) is 3.64. The minimum atomic E-state index is -0.306. The molecule has 1 aromatic carbocycles. The molecule has 1 aromatic heterocycles. The van der Waals surface area contributed by atoms with Gasteiger partial charge in [-0.15, -0.1) is 0 Å². The molecule has 100 valence electrons. The minimum Gasteiger partial charge on any atom is -0.369 e. The van der Waals surface area contributed by atoms with Gasteiger partial charge in [0.15, 0.2) is 5.82 Å². The highest BCUT2D eigenvalue weighted by molar-refractivity contribution is 5.58. The standard InChI is InChI=1S/C14H17FN4/c1-3-6-17-13-8-16-9-14(19-13)18-12-7-10(2)4-5-11(12)15/h4-5,7-9H,3,6H2,1-2H3,(H2,17,18,19). The lowest BCUT2D eigenvalue weighted by Crippen LogP contribution is -2.04. The van der Waals surface area contributed by atoms with Crippen LogP contribution in [-0.4, -0.2) is 16.5 Å². The van der Waals surface area contributed by atoms with E-state index >= 15 is 0 Å². The van der Waals surface area contributed by atoms with E-state index in [1.807, 2.05) is 6.92 Å². The molecule has 0 aliphatic heterocycles. The van der Waals surface area contributed by atoms with Gasteiger partial charge in [0.2, 0.25) is 0 Å². The van der Waals surface area contributed by atoms with Gasteiger partial charge >= 0.3 is 0 Å². The maximum Gasteiger partial charge on any atom is 0.151 e. The molecule has 4 nitrogen and oxygen atoms in total. The zero-order valence-corrected chi connectivity index (χ0v) is 11.1. The van der Waals surface area contributed by atoms with E-state index in [0.29, 0.717) is 17.3 Å². The number of aromatic nitrogens is 2. The molecular formula is C14H17FN4. The van der Waals surface area contributed by atoms with Crippen LogP contribution < -0.4 is 10.6 Å². The number of aryl methyl sites for hydroxylation is 1. The Balaban J connectivity index is 2.16. The number of nitrogens with zero attached hydrogens (tertiary/aromatic N) is 2. The summed E-state index contributed by atoms with van der Waals surface area (Å²) < 4.78 is 13.6. The van der Waals surface area contributed by atoms with Crippen molar-refractivity contribution in [2.24, 2.45) is 0 Å². The summed E-state index contributed by atoms with van der Waals surface area (Å²) in [6, 6.07) is 4.90. The van der Waals surface area contributed by atoms with Crippen molar-refractivity contribution < 1.29 is 4.39 Å². The summed E-state index contributed by atoms with van der Waals surface area (Å²) in [5.41, 5.74) is 1.39. The van der Waals surface area contributed by atoms with Gasteiger partial charge in [0.05, 0.1) is 18.1 Å². The molecule has 2 rings (SSSR count). The predicted molar refractivity (Wildman–Crippen MR) is 75.2 cm³/mol. The molecule has 0 spiro atoms. The average Bonchev–Trinajstić information content (AvgIpc) is 2.41. The second kappa shape index (κ2) is 6.13. The van der Waals surface area contributed by atoms with Crippen molar-refractivity contribution in [1.82, 2.24) is 9.97 Å². The number of anilines is 3. The van der Waals surface area contributed by atoms with Crippen LogP contribution in [0.25, 0.3) is 0 Å². The Kier molecular flexibility index (Phi) is 4.28. The van der Waals surface area contributed by atoms with Crippen molar-refractivity contribution in [3.63, 3.8) is 0 Å². The zero-order chi connectivity index (χ0) is 13.7. The van der Waals surface area contributed by atoms with Crippen LogP contribution >= 0.6 is 0 Å². The second-order valence-corrected chi connectivity index (χ2v) is 4.32. The molecule has 0 saturated heterocycles. The van der Waals surface area contributed by atoms with E-state index in [2.05, 4.69) is 27.5 Å². The molecule has 0 aliphatic carbocycles. The first-order valence-corrected chi connectivity index (χ1v) is 6.28. The fraction of sp³-hybridized carbons (Fsp3) is 0.286. The number of halogens is 1. The van der Waals surface area contributed by atoms with E-state index in [-0.39, 0.29) is 5.82 Å². The maximum atomic E-state index is 13.6. The van der Waals surface area contributed by atoms with E-state index in [0.717, 1.165) is 18.5 Å². The van der Waals surface area contributed by atoms with E-state index in [1.165, 1.54) is 6.07 Å². The third-order valence-electron chi connectivity index (χ3n) is 2.58. The zero-order valence-electron chi connectivity index (χ0n) is 11.1. The maximum absolute atomic E-state index is 13.6. The molecule has 2 aromatic rings. The van der Waals surface area contributed by atoms with Gasteiger partial charge in [-0.1, -0.05) is 13.0 Å². The molecule has 1 heterocycles. The Bertz CT molecular complexity index is 557. The Hall–Kier alpha value is -2.17. The van der Waals surface area contributed by atoms with Gasteiger partial charge in [-0.25, -0.2) is 9.37 Å². The highest BCUT2D eigenvalue weighted by Gasteiger charge is 2.04. The molecular weight excluding hydrogens is 243 g/mol. The second-order valence-electron chi connectivity index (χ2n) is 4.32. The number of nitrogens with one attached hydrogen (secondary N) is 2. The lowest BCUT2D eigenvalue weighted by Gasteiger charge is -2.09. The van der Waals surface area contributed by atoms with Crippen molar-refractivity contribution in [1.29, 1.82) is 0 Å². The molecule has 2 N–H and O–H groups in total. The fourth-order valence-electron chi connectivity index (χ4n) is 1.64. The topological polar surface area (TPSA) is 49.8 Å². The van der Waals surface area contributed by atoms with Crippen LogP contribution in [0.3, 0.4) is 0 Å². The molecule has 0 fully saturated rings. The summed E-state index contributed by atoms with van der Waals surface area (Å²) in [7, 11) is 0. The fourth-order valence-corrected chi connectivity index (χ4v) is 1.64. The highest BCUT2D eigenvalue weighted by atomic mass is 19.1. The quantitative estimate of drug-likeness (QED) is 0.864. The minimum absolute atomic E-state index is 0.306. The molecule has 0 aliphatic rings. The summed E-state index contributed by atoms with van der Waals surface area (Å²) in [5.74, 6) is 0.893. The van der Waals surface area contributed by atoms with Crippen molar-refractivity contribution in [2.45, 2.75) is 20.3 Å². The van der Waals surface area contributed by atoms with Crippen molar-refractivity contribution in [3.8, 4) is 0 Å². The Labute approximate surface area is 112 Å². The molecule has 0 atom stereocenters. The summed E-state index contributed by atoms with van der Waals surface area (Å²) in [6.45, 7) is 4.82. The average molecular weight is 260 g/mol. The number of benzene rings is 1. The van der Waals surface area contributed by atoms with Crippen molar-refractivity contribution in [2.75, 3.05) is 17.2 Å². The Morgan fingerprint density at radius 2 is 2.00 bits per heavy atom. The van der Waals surface area contributed by atoms with E-state index in [9.17, 15) is 4.39 Å². The third-order valence-corrected chi connectivity index (χ3v) is 2.58. The number of rotatable bonds is 5. The van der Waals surface area contributed by atoms with Gasteiger partial charge in [0.1, 0.15) is 11.6 Å². The van der Waals surface area contributed by atoms with Gasteiger partial charge in [-0.3, -0.25) is 4.98 Å².